The van der Waals surface area contributed by atoms with E-state index in [1.54, 1.807) is 48.5 Å². The van der Waals surface area contributed by atoms with E-state index in [0.29, 0.717) is 10.7 Å². The maximum absolute atomic E-state index is 12.7. The Bertz CT molecular complexity index is 1260. The largest absolute Gasteiger partial charge is 0.280 e. The van der Waals surface area contributed by atoms with Gasteiger partial charge in [0.15, 0.2) is 0 Å². The summed E-state index contributed by atoms with van der Waals surface area (Å²) >= 11 is 5.81. The van der Waals surface area contributed by atoms with Gasteiger partial charge in [-0.1, -0.05) is 44.5 Å². The molecule has 0 spiro atoms. The Balaban J connectivity index is 1.75. The Kier molecular flexibility index (Phi) is 6.36. The molecule has 0 unspecified atom stereocenters. The molecule has 0 aliphatic heterocycles. The average molecular weight is 479 g/mol. The van der Waals surface area contributed by atoms with Crippen molar-refractivity contribution in [3.8, 4) is 0 Å². The van der Waals surface area contributed by atoms with Crippen LogP contribution in [-0.4, -0.2) is 16.8 Å². The van der Waals surface area contributed by atoms with Crippen LogP contribution in [-0.2, 0) is 25.5 Å². The number of benzene rings is 3. The molecule has 0 heterocycles. The van der Waals surface area contributed by atoms with Gasteiger partial charge in [-0.15, -0.1) is 0 Å². The van der Waals surface area contributed by atoms with E-state index in [-0.39, 0.29) is 20.9 Å². The van der Waals surface area contributed by atoms with Gasteiger partial charge < -0.3 is 0 Å². The zero-order valence-electron chi connectivity index (χ0n) is 17.3. The highest BCUT2D eigenvalue weighted by atomic mass is 35.5. The van der Waals surface area contributed by atoms with Gasteiger partial charge in [-0.3, -0.25) is 9.44 Å². The lowest BCUT2D eigenvalue weighted by Crippen LogP contribution is -2.15. The third-order valence-corrected chi connectivity index (χ3v) is 7.59. The van der Waals surface area contributed by atoms with E-state index in [4.69, 9.17) is 11.6 Å². The van der Waals surface area contributed by atoms with Crippen molar-refractivity contribution >= 4 is 43.0 Å². The van der Waals surface area contributed by atoms with E-state index in [1.807, 2.05) is 20.8 Å². The highest BCUT2D eigenvalue weighted by Gasteiger charge is 2.19. The molecule has 0 radical (unpaired) electrons. The summed E-state index contributed by atoms with van der Waals surface area (Å²) in [5, 5.41) is 0.493. The first-order valence-corrected chi connectivity index (χ1v) is 12.7. The average Bonchev–Trinajstić information content (AvgIpc) is 2.69. The zero-order valence-corrected chi connectivity index (χ0v) is 19.6. The van der Waals surface area contributed by atoms with E-state index < -0.39 is 20.0 Å². The van der Waals surface area contributed by atoms with Crippen molar-refractivity contribution in [3.63, 3.8) is 0 Å². The van der Waals surface area contributed by atoms with Gasteiger partial charge in [-0.05, 0) is 71.6 Å². The number of anilines is 2. The van der Waals surface area contributed by atoms with Crippen LogP contribution in [0.25, 0.3) is 0 Å². The molecule has 0 saturated carbocycles. The van der Waals surface area contributed by atoms with Crippen molar-refractivity contribution in [2.24, 2.45) is 0 Å². The van der Waals surface area contributed by atoms with Gasteiger partial charge >= 0.3 is 0 Å². The molecule has 9 heteroatoms. The van der Waals surface area contributed by atoms with E-state index in [0.717, 1.165) is 5.56 Å². The summed E-state index contributed by atoms with van der Waals surface area (Å²) in [6.07, 6.45) is 0. The van der Waals surface area contributed by atoms with E-state index in [2.05, 4.69) is 9.44 Å². The first-order valence-electron chi connectivity index (χ1n) is 9.39. The summed E-state index contributed by atoms with van der Waals surface area (Å²) in [4.78, 5) is 0.126. The highest BCUT2D eigenvalue weighted by Crippen LogP contribution is 2.25. The third-order valence-electron chi connectivity index (χ3n) is 4.54. The Hall–Kier alpha value is -2.55. The van der Waals surface area contributed by atoms with Crippen LogP contribution in [0.2, 0.25) is 5.02 Å². The van der Waals surface area contributed by atoms with Gasteiger partial charge in [0.05, 0.1) is 9.79 Å². The molecular formula is C22H23ClN2O4S2. The van der Waals surface area contributed by atoms with Gasteiger partial charge in [0.1, 0.15) is 0 Å². The maximum Gasteiger partial charge on any atom is 0.261 e. The molecule has 0 bridgehead atoms. The van der Waals surface area contributed by atoms with Gasteiger partial charge in [-0.25, -0.2) is 16.8 Å². The standard InChI is InChI=1S/C22H23ClN2O4S2/c1-22(2,3)16-4-12-20(13-5-16)30(26,27)25-19-10-14-21(15-11-19)31(28,29)24-18-8-6-17(23)7-9-18/h4-15,24-25H,1-3H3. The second-order valence-electron chi connectivity index (χ2n) is 8.02. The Morgan fingerprint density at radius 1 is 0.613 bits per heavy atom. The third kappa shape index (κ3) is 5.78. The molecule has 0 amide bonds. The molecule has 164 valence electrons. The molecule has 0 aliphatic rings. The van der Waals surface area contributed by atoms with Gasteiger partial charge in [0.25, 0.3) is 20.0 Å². The van der Waals surface area contributed by atoms with Gasteiger partial charge in [0, 0.05) is 16.4 Å². The van der Waals surface area contributed by atoms with E-state index in [1.165, 1.54) is 24.3 Å². The lowest BCUT2D eigenvalue weighted by Gasteiger charge is -2.19. The fourth-order valence-electron chi connectivity index (χ4n) is 2.78. The van der Waals surface area contributed by atoms with Crippen LogP contribution in [0.3, 0.4) is 0 Å². The summed E-state index contributed by atoms with van der Waals surface area (Å²) in [5.41, 5.74) is 1.56. The minimum atomic E-state index is -3.83. The van der Waals surface area contributed by atoms with E-state index in [9.17, 15) is 16.8 Å². The quantitative estimate of drug-likeness (QED) is 0.506. The van der Waals surface area contributed by atoms with Crippen molar-refractivity contribution in [3.05, 3.63) is 83.4 Å². The molecule has 6 nitrogen and oxygen atoms in total. The monoisotopic (exact) mass is 478 g/mol. The number of hydrogen-bond acceptors (Lipinski definition) is 4. The van der Waals surface area contributed by atoms with Crippen LogP contribution in [0.15, 0.2) is 82.6 Å². The lowest BCUT2D eigenvalue weighted by molar-refractivity contribution is 0.587. The smallest absolute Gasteiger partial charge is 0.261 e. The van der Waals surface area contributed by atoms with Crippen LogP contribution in [0.5, 0.6) is 0 Å². The van der Waals surface area contributed by atoms with Crippen molar-refractivity contribution in [1.29, 1.82) is 0 Å². The predicted molar refractivity (Wildman–Crippen MR) is 125 cm³/mol. The molecule has 0 fully saturated rings. The maximum atomic E-state index is 12.7. The lowest BCUT2D eigenvalue weighted by atomic mass is 9.87. The van der Waals surface area contributed by atoms with E-state index >= 15 is 0 Å². The second kappa shape index (κ2) is 8.53. The molecule has 0 saturated heterocycles. The van der Waals surface area contributed by atoms with Crippen molar-refractivity contribution in [1.82, 2.24) is 0 Å². The summed E-state index contributed by atoms with van der Waals surface area (Å²) < 4.78 is 55.3. The molecule has 0 aliphatic carbocycles. The predicted octanol–water partition coefficient (Wildman–Crippen LogP) is 5.24. The summed E-state index contributed by atoms with van der Waals surface area (Å²) in [6, 6.07) is 18.4. The summed E-state index contributed by atoms with van der Waals surface area (Å²) in [6.45, 7) is 6.14. The second-order valence-corrected chi connectivity index (χ2v) is 11.8. The first kappa shape index (κ1) is 23.1. The first-order chi connectivity index (χ1) is 14.4. The molecule has 3 rings (SSSR count). The molecular weight excluding hydrogens is 456 g/mol. The fourth-order valence-corrected chi connectivity index (χ4v) is 5.03. The molecule has 0 atom stereocenters. The van der Waals surface area contributed by atoms with Crippen molar-refractivity contribution < 1.29 is 16.8 Å². The van der Waals surface area contributed by atoms with Gasteiger partial charge in [-0.2, -0.15) is 0 Å². The van der Waals surface area contributed by atoms with Crippen LogP contribution >= 0.6 is 11.6 Å². The number of hydrogen-bond donors (Lipinski definition) is 2. The minimum absolute atomic E-state index is 0.0000666. The van der Waals surface area contributed by atoms with Crippen LogP contribution in [0.4, 0.5) is 11.4 Å². The molecule has 3 aromatic carbocycles. The molecule has 31 heavy (non-hydrogen) atoms. The van der Waals surface area contributed by atoms with Crippen molar-refractivity contribution in [2.45, 2.75) is 36.0 Å². The van der Waals surface area contributed by atoms with Crippen molar-refractivity contribution in [2.75, 3.05) is 9.44 Å². The minimum Gasteiger partial charge on any atom is -0.280 e. The zero-order chi connectivity index (χ0) is 22.9. The van der Waals surface area contributed by atoms with Crippen LogP contribution in [0.1, 0.15) is 26.3 Å². The molecule has 2 N–H and O–H groups in total. The summed E-state index contributed by atoms with van der Waals surface area (Å²) in [5.74, 6) is 0. The Morgan fingerprint density at radius 2 is 0.968 bits per heavy atom. The van der Waals surface area contributed by atoms with Gasteiger partial charge in [0.2, 0.25) is 0 Å². The summed E-state index contributed by atoms with van der Waals surface area (Å²) in [7, 11) is -7.63. The number of sulfonamides is 2. The number of nitrogens with one attached hydrogen (secondary N) is 2. The number of halogens is 1. The molecule has 3 aromatic rings. The normalized spacial score (nSPS) is 12.4. The molecule has 0 aromatic heterocycles. The topological polar surface area (TPSA) is 92.3 Å². The Morgan fingerprint density at radius 3 is 1.35 bits per heavy atom. The fraction of sp³-hybridized carbons (Fsp3) is 0.182. The SMILES string of the molecule is CC(C)(C)c1ccc(S(=O)(=O)Nc2ccc(S(=O)(=O)Nc3ccc(Cl)cc3)cc2)cc1. The van der Waals surface area contributed by atoms with Crippen LogP contribution < -0.4 is 9.44 Å². The highest BCUT2D eigenvalue weighted by molar-refractivity contribution is 7.93. The van der Waals surface area contributed by atoms with Crippen LogP contribution in [0, 0.1) is 0 Å². The number of rotatable bonds is 6. The Labute approximate surface area is 188 Å².